The summed E-state index contributed by atoms with van der Waals surface area (Å²) in [6.07, 6.45) is 4.90. The Balaban J connectivity index is 1.91. The van der Waals surface area contributed by atoms with Crippen molar-refractivity contribution in [2.24, 2.45) is 11.7 Å². The minimum absolute atomic E-state index is 0.150. The highest BCUT2D eigenvalue weighted by molar-refractivity contribution is 5.82. The fourth-order valence-corrected chi connectivity index (χ4v) is 2.79. The number of carbonyl (C=O) groups excluding carboxylic acids is 1. The van der Waals surface area contributed by atoms with Gasteiger partial charge in [0.2, 0.25) is 5.91 Å². The van der Waals surface area contributed by atoms with E-state index in [1.165, 1.54) is 12.8 Å². The number of amides is 1. The first-order valence-corrected chi connectivity index (χ1v) is 7.27. The van der Waals surface area contributed by atoms with Gasteiger partial charge in [-0.3, -0.25) is 4.79 Å². The molecule has 0 radical (unpaired) electrons. The summed E-state index contributed by atoms with van der Waals surface area (Å²) in [5, 5.41) is 0. The summed E-state index contributed by atoms with van der Waals surface area (Å²) >= 11 is 0. The minimum Gasteiger partial charge on any atom is -0.337 e. The number of nitrogens with two attached hydrogens (primary N) is 1. The fourth-order valence-electron chi connectivity index (χ4n) is 2.79. The molecule has 4 heteroatoms. The maximum Gasteiger partial charge on any atom is 0.240 e. The lowest BCUT2D eigenvalue weighted by atomic mass is 10.0. The average Bonchev–Trinajstić information content (AvgIpc) is 3.09. The fraction of sp³-hybridized carbons (Fsp3) is 0.929. The number of likely N-dealkylation sites (tertiary alicyclic amines) is 1. The lowest BCUT2D eigenvalue weighted by Crippen LogP contribution is -2.50. The zero-order chi connectivity index (χ0) is 13.3. The number of hydrogen-bond acceptors (Lipinski definition) is 3. The molecule has 0 aromatic rings. The highest BCUT2D eigenvalue weighted by Crippen LogP contribution is 2.28. The van der Waals surface area contributed by atoms with Crippen molar-refractivity contribution in [3.05, 3.63) is 0 Å². The van der Waals surface area contributed by atoms with E-state index >= 15 is 0 Å². The van der Waals surface area contributed by atoms with Crippen molar-refractivity contribution in [3.63, 3.8) is 0 Å². The van der Waals surface area contributed by atoms with Gasteiger partial charge in [-0.05, 0) is 38.6 Å². The van der Waals surface area contributed by atoms with Crippen LogP contribution in [0.5, 0.6) is 0 Å². The van der Waals surface area contributed by atoms with Gasteiger partial charge >= 0.3 is 0 Å². The van der Waals surface area contributed by atoms with E-state index in [9.17, 15) is 4.79 Å². The van der Waals surface area contributed by atoms with E-state index in [-0.39, 0.29) is 17.9 Å². The van der Waals surface area contributed by atoms with Crippen molar-refractivity contribution in [3.8, 4) is 0 Å². The van der Waals surface area contributed by atoms with Gasteiger partial charge in [0.25, 0.3) is 0 Å². The second kappa shape index (κ2) is 5.57. The Bertz CT molecular complexity index is 301. The summed E-state index contributed by atoms with van der Waals surface area (Å²) in [7, 11) is 2.18. The van der Waals surface area contributed by atoms with Gasteiger partial charge in [-0.2, -0.15) is 0 Å². The average molecular weight is 253 g/mol. The summed E-state index contributed by atoms with van der Waals surface area (Å²) < 4.78 is 0. The maximum atomic E-state index is 12.3. The predicted octanol–water partition coefficient (Wildman–Crippen LogP) is 1.05. The second-order valence-electron chi connectivity index (χ2n) is 6.27. The molecule has 1 heterocycles. The Morgan fingerprint density at radius 2 is 2.06 bits per heavy atom. The van der Waals surface area contributed by atoms with E-state index in [1.54, 1.807) is 0 Å². The summed E-state index contributed by atoms with van der Waals surface area (Å²) in [5.74, 6) is 0.372. The molecular weight excluding hydrogens is 226 g/mol. The molecule has 1 aliphatic heterocycles. The van der Waals surface area contributed by atoms with Crippen molar-refractivity contribution < 1.29 is 4.79 Å². The van der Waals surface area contributed by atoms with E-state index in [0.717, 1.165) is 32.0 Å². The van der Waals surface area contributed by atoms with E-state index in [4.69, 9.17) is 5.73 Å². The first-order valence-electron chi connectivity index (χ1n) is 7.27. The lowest BCUT2D eigenvalue weighted by molar-refractivity contribution is -0.134. The third-order valence-corrected chi connectivity index (χ3v) is 4.33. The van der Waals surface area contributed by atoms with Gasteiger partial charge in [0.15, 0.2) is 0 Å². The first-order chi connectivity index (χ1) is 8.50. The predicted molar refractivity (Wildman–Crippen MR) is 73.2 cm³/mol. The quantitative estimate of drug-likeness (QED) is 0.797. The van der Waals surface area contributed by atoms with Crippen LogP contribution in [-0.4, -0.2) is 54.0 Å². The number of carbonyl (C=O) groups is 1. The van der Waals surface area contributed by atoms with Crippen LogP contribution in [0.3, 0.4) is 0 Å². The molecule has 2 aliphatic rings. The zero-order valence-corrected chi connectivity index (χ0v) is 11.9. The van der Waals surface area contributed by atoms with Gasteiger partial charge in [-0.15, -0.1) is 0 Å². The van der Waals surface area contributed by atoms with Gasteiger partial charge in [0.05, 0.1) is 6.04 Å². The molecule has 1 aliphatic carbocycles. The Labute approximate surface area is 110 Å². The molecule has 0 aromatic carbocycles. The number of rotatable bonds is 5. The zero-order valence-electron chi connectivity index (χ0n) is 11.9. The van der Waals surface area contributed by atoms with E-state index in [2.05, 4.69) is 11.9 Å². The number of hydrogen-bond donors (Lipinski definition) is 1. The maximum absolute atomic E-state index is 12.3. The van der Waals surface area contributed by atoms with Crippen LogP contribution in [0.4, 0.5) is 0 Å². The van der Waals surface area contributed by atoms with Crippen LogP contribution in [0, 0.1) is 5.92 Å². The van der Waals surface area contributed by atoms with Crippen LogP contribution >= 0.6 is 0 Å². The van der Waals surface area contributed by atoms with Crippen LogP contribution < -0.4 is 5.73 Å². The standard InChI is InChI=1S/C14H27N3O/c1-10(2)13(15)14(18)17-8-4-5-12(17)9-16(3)11-6-7-11/h10-13H,4-9,15H2,1-3H3/t12-,13+/m1/s1. The molecule has 1 saturated heterocycles. The molecule has 0 unspecified atom stereocenters. The number of likely N-dealkylation sites (N-methyl/N-ethyl adjacent to an activating group) is 1. The number of nitrogens with zero attached hydrogens (tertiary/aromatic N) is 2. The first kappa shape index (κ1) is 13.8. The smallest absolute Gasteiger partial charge is 0.240 e. The summed E-state index contributed by atoms with van der Waals surface area (Å²) in [6.45, 7) is 5.94. The molecule has 1 amide bonds. The van der Waals surface area contributed by atoms with E-state index < -0.39 is 0 Å². The Hall–Kier alpha value is -0.610. The molecule has 104 valence electrons. The van der Waals surface area contributed by atoms with Gasteiger partial charge < -0.3 is 15.5 Å². The molecule has 18 heavy (non-hydrogen) atoms. The second-order valence-corrected chi connectivity index (χ2v) is 6.27. The highest BCUT2D eigenvalue weighted by atomic mass is 16.2. The normalized spacial score (nSPS) is 26.1. The molecule has 0 spiro atoms. The molecule has 2 fully saturated rings. The highest BCUT2D eigenvalue weighted by Gasteiger charge is 2.35. The lowest BCUT2D eigenvalue weighted by Gasteiger charge is -2.31. The van der Waals surface area contributed by atoms with Crippen LogP contribution in [0.15, 0.2) is 0 Å². The summed E-state index contributed by atoms with van der Waals surface area (Å²) in [4.78, 5) is 16.8. The van der Waals surface area contributed by atoms with Crippen LogP contribution in [0.25, 0.3) is 0 Å². The van der Waals surface area contributed by atoms with Gasteiger partial charge in [0, 0.05) is 25.2 Å². The third-order valence-electron chi connectivity index (χ3n) is 4.33. The SMILES string of the molecule is CC(C)[C@H](N)C(=O)N1CCC[C@@H]1CN(C)C1CC1. The minimum atomic E-state index is -0.336. The third kappa shape index (κ3) is 3.04. The Morgan fingerprint density at radius 3 is 2.61 bits per heavy atom. The van der Waals surface area contributed by atoms with Gasteiger partial charge in [0.1, 0.15) is 0 Å². The van der Waals surface area contributed by atoms with Crippen molar-refractivity contribution in [2.45, 2.75) is 57.7 Å². The van der Waals surface area contributed by atoms with Crippen LogP contribution in [0.2, 0.25) is 0 Å². The molecule has 0 bridgehead atoms. The van der Waals surface area contributed by atoms with Crippen molar-refractivity contribution in [2.75, 3.05) is 20.1 Å². The van der Waals surface area contributed by atoms with Crippen molar-refractivity contribution >= 4 is 5.91 Å². The molecule has 2 atom stereocenters. The van der Waals surface area contributed by atoms with Gasteiger partial charge in [-0.1, -0.05) is 13.8 Å². The molecular formula is C14H27N3O. The van der Waals surface area contributed by atoms with E-state index in [1.807, 2.05) is 18.7 Å². The molecule has 1 saturated carbocycles. The van der Waals surface area contributed by atoms with Crippen LogP contribution in [-0.2, 0) is 4.79 Å². The van der Waals surface area contributed by atoms with Gasteiger partial charge in [-0.25, -0.2) is 0 Å². The van der Waals surface area contributed by atoms with E-state index in [0.29, 0.717) is 6.04 Å². The molecule has 0 aromatic heterocycles. The Morgan fingerprint density at radius 1 is 1.39 bits per heavy atom. The largest absolute Gasteiger partial charge is 0.337 e. The summed E-state index contributed by atoms with van der Waals surface area (Å²) in [6, 6.07) is 0.811. The molecule has 2 rings (SSSR count). The summed E-state index contributed by atoms with van der Waals surface area (Å²) in [5.41, 5.74) is 6.00. The monoisotopic (exact) mass is 253 g/mol. The van der Waals surface area contributed by atoms with Crippen LogP contribution in [0.1, 0.15) is 39.5 Å². The molecule has 4 nitrogen and oxygen atoms in total. The Kier molecular flexibility index (Phi) is 4.28. The van der Waals surface area contributed by atoms with Crippen molar-refractivity contribution in [1.82, 2.24) is 9.80 Å². The van der Waals surface area contributed by atoms with Crippen molar-refractivity contribution in [1.29, 1.82) is 0 Å². The molecule has 2 N–H and O–H groups in total. The topological polar surface area (TPSA) is 49.6 Å².